The topological polar surface area (TPSA) is 92.7 Å². The average Bonchev–Trinajstić information content (AvgIpc) is 2.83. The molecule has 1 aromatic carbocycles. The number of amides is 1. The smallest absolute Gasteiger partial charge is 0.268 e. The second-order valence-electron chi connectivity index (χ2n) is 3.85. The van der Waals surface area contributed by atoms with Gasteiger partial charge in [-0.1, -0.05) is 12.1 Å². The molecule has 2 N–H and O–H groups in total. The first-order chi connectivity index (χ1) is 9.24. The van der Waals surface area contributed by atoms with E-state index in [0.29, 0.717) is 0 Å². The monoisotopic (exact) mass is 255 g/mol. The van der Waals surface area contributed by atoms with Crippen LogP contribution in [-0.2, 0) is 0 Å². The molecule has 1 amide bonds. The first kappa shape index (κ1) is 11.1. The molecule has 2 aromatic heterocycles. The molecule has 94 valence electrons. The lowest BCUT2D eigenvalue weighted by atomic mass is 10.3. The lowest BCUT2D eigenvalue weighted by molar-refractivity contribution is 0.100. The highest BCUT2D eigenvalue weighted by molar-refractivity contribution is 5.98. The molecule has 0 aliphatic carbocycles. The van der Waals surface area contributed by atoms with Gasteiger partial charge in [-0.3, -0.25) is 15.0 Å². The van der Waals surface area contributed by atoms with Gasteiger partial charge in [0.25, 0.3) is 11.5 Å². The standard InChI is InChI=1S/C12H9N5O2/c18-11-6-5-9(14-15-11)12(19)16-17-7-13-8-3-1-2-4-10(8)17/h1-7H,(H,15,18)(H,16,19). The number of aromatic amines is 1. The number of carbonyl (C=O) groups is 1. The van der Waals surface area contributed by atoms with Crippen molar-refractivity contribution >= 4 is 16.9 Å². The van der Waals surface area contributed by atoms with Gasteiger partial charge < -0.3 is 0 Å². The molecule has 0 saturated carbocycles. The summed E-state index contributed by atoms with van der Waals surface area (Å²) in [5.74, 6) is -0.431. The minimum absolute atomic E-state index is 0.123. The molecule has 0 saturated heterocycles. The number of hydrogen-bond donors (Lipinski definition) is 2. The molecule has 3 rings (SSSR count). The Morgan fingerprint density at radius 3 is 2.84 bits per heavy atom. The summed E-state index contributed by atoms with van der Waals surface area (Å²) in [7, 11) is 0. The zero-order valence-electron chi connectivity index (χ0n) is 9.70. The molecule has 2 heterocycles. The Hall–Kier alpha value is -2.96. The predicted molar refractivity (Wildman–Crippen MR) is 68.3 cm³/mol. The highest BCUT2D eigenvalue weighted by Gasteiger charge is 2.09. The van der Waals surface area contributed by atoms with Gasteiger partial charge in [0, 0.05) is 6.07 Å². The van der Waals surface area contributed by atoms with Crippen LogP contribution in [0, 0.1) is 0 Å². The van der Waals surface area contributed by atoms with Gasteiger partial charge in [-0.2, -0.15) is 5.10 Å². The Labute approximate surface area is 106 Å². The third-order valence-electron chi connectivity index (χ3n) is 2.59. The van der Waals surface area contributed by atoms with Crippen molar-refractivity contribution in [2.75, 3.05) is 5.43 Å². The molecular formula is C12H9N5O2. The summed E-state index contributed by atoms with van der Waals surface area (Å²) in [6, 6.07) is 10.00. The maximum Gasteiger partial charge on any atom is 0.290 e. The largest absolute Gasteiger partial charge is 0.290 e. The fourth-order valence-electron chi connectivity index (χ4n) is 1.69. The van der Waals surface area contributed by atoms with Crippen molar-refractivity contribution in [2.24, 2.45) is 0 Å². The van der Waals surface area contributed by atoms with Gasteiger partial charge in [-0.15, -0.1) is 0 Å². The molecule has 3 aromatic rings. The fraction of sp³-hybridized carbons (Fsp3) is 0. The van der Waals surface area contributed by atoms with E-state index in [1.54, 1.807) is 0 Å². The van der Waals surface area contributed by atoms with Crippen molar-refractivity contribution in [3.05, 3.63) is 58.8 Å². The second-order valence-corrected chi connectivity index (χ2v) is 3.85. The molecule has 0 radical (unpaired) electrons. The van der Waals surface area contributed by atoms with Crippen LogP contribution in [0.15, 0.2) is 47.5 Å². The summed E-state index contributed by atoms with van der Waals surface area (Å²) in [5.41, 5.74) is 3.95. The third kappa shape index (κ3) is 2.08. The number of nitrogens with zero attached hydrogens (tertiary/aromatic N) is 3. The van der Waals surface area contributed by atoms with Crippen LogP contribution in [0.4, 0.5) is 0 Å². The van der Waals surface area contributed by atoms with Gasteiger partial charge in [-0.05, 0) is 18.2 Å². The van der Waals surface area contributed by atoms with Crippen LogP contribution in [-0.4, -0.2) is 25.8 Å². The summed E-state index contributed by atoms with van der Waals surface area (Å²) >= 11 is 0. The number of carbonyl (C=O) groups excluding carboxylic acids is 1. The summed E-state index contributed by atoms with van der Waals surface area (Å²) in [6.07, 6.45) is 1.51. The molecule has 0 aliphatic rings. The van der Waals surface area contributed by atoms with E-state index >= 15 is 0 Å². The number of H-pyrrole nitrogens is 1. The van der Waals surface area contributed by atoms with Crippen LogP contribution in [0.25, 0.3) is 11.0 Å². The molecule has 0 bridgehead atoms. The van der Waals surface area contributed by atoms with Crippen molar-refractivity contribution in [2.45, 2.75) is 0 Å². The normalized spacial score (nSPS) is 10.5. The molecule has 7 heteroatoms. The maximum absolute atomic E-state index is 11.9. The van der Waals surface area contributed by atoms with Crippen LogP contribution < -0.4 is 11.0 Å². The van der Waals surface area contributed by atoms with E-state index in [-0.39, 0.29) is 11.3 Å². The van der Waals surface area contributed by atoms with Crippen molar-refractivity contribution in [1.29, 1.82) is 0 Å². The van der Waals surface area contributed by atoms with Gasteiger partial charge in [0.15, 0.2) is 5.69 Å². The summed E-state index contributed by atoms with van der Waals surface area (Å²) < 4.78 is 1.50. The lowest BCUT2D eigenvalue weighted by Crippen LogP contribution is -2.24. The first-order valence-electron chi connectivity index (χ1n) is 5.53. The molecule has 7 nitrogen and oxygen atoms in total. The lowest BCUT2D eigenvalue weighted by Gasteiger charge is -2.05. The SMILES string of the molecule is O=C(Nn1cnc2ccccc21)c1ccc(=O)[nH]n1. The Morgan fingerprint density at radius 2 is 2.05 bits per heavy atom. The number of hydrogen-bond acceptors (Lipinski definition) is 4. The number of fused-ring (bicyclic) bond motifs is 1. The van der Waals surface area contributed by atoms with Crippen molar-refractivity contribution in [1.82, 2.24) is 19.9 Å². The fourth-order valence-corrected chi connectivity index (χ4v) is 1.69. The number of aromatic nitrogens is 4. The molecule has 0 spiro atoms. The molecule has 0 atom stereocenters. The molecule has 0 aliphatic heterocycles. The zero-order chi connectivity index (χ0) is 13.2. The minimum atomic E-state index is -0.431. The van der Waals surface area contributed by atoms with E-state index in [2.05, 4.69) is 20.6 Å². The highest BCUT2D eigenvalue weighted by Crippen LogP contribution is 2.10. The summed E-state index contributed by atoms with van der Waals surface area (Å²) in [4.78, 5) is 26.9. The van der Waals surface area contributed by atoms with Crippen LogP contribution in [0.5, 0.6) is 0 Å². The van der Waals surface area contributed by atoms with Crippen LogP contribution in [0.3, 0.4) is 0 Å². The van der Waals surface area contributed by atoms with E-state index < -0.39 is 5.91 Å². The maximum atomic E-state index is 11.9. The third-order valence-corrected chi connectivity index (χ3v) is 2.59. The number of rotatable bonds is 2. The number of imidazole rings is 1. The second kappa shape index (κ2) is 4.37. The summed E-state index contributed by atoms with van der Waals surface area (Å²) in [6.45, 7) is 0. The van der Waals surface area contributed by atoms with E-state index in [9.17, 15) is 9.59 Å². The molecular weight excluding hydrogens is 246 g/mol. The molecule has 19 heavy (non-hydrogen) atoms. The Balaban J connectivity index is 1.90. The van der Waals surface area contributed by atoms with Crippen molar-refractivity contribution < 1.29 is 4.79 Å². The Bertz CT molecular complexity index is 784. The predicted octanol–water partition coefficient (Wildman–Crippen LogP) is 0.503. The van der Waals surface area contributed by atoms with Crippen molar-refractivity contribution in [3.8, 4) is 0 Å². The Morgan fingerprint density at radius 1 is 1.21 bits per heavy atom. The molecule has 0 fully saturated rings. The summed E-state index contributed by atoms with van der Waals surface area (Å²) in [5, 5.41) is 5.86. The number of benzene rings is 1. The van der Waals surface area contributed by atoms with Crippen LogP contribution in [0.2, 0.25) is 0 Å². The number of nitrogens with one attached hydrogen (secondary N) is 2. The van der Waals surface area contributed by atoms with Gasteiger partial charge in [0.1, 0.15) is 6.33 Å². The van der Waals surface area contributed by atoms with Gasteiger partial charge in [0.2, 0.25) is 0 Å². The minimum Gasteiger partial charge on any atom is -0.268 e. The van der Waals surface area contributed by atoms with Crippen LogP contribution >= 0.6 is 0 Å². The highest BCUT2D eigenvalue weighted by atomic mass is 16.2. The number of para-hydroxylation sites is 2. The quantitative estimate of drug-likeness (QED) is 0.697. The average molecular weight is 255 g/mol. The molecule has 0 unspecified atom stereocenters. The van der Waals surface area contributed by atoms with Crippen molar-refractivity contribution in [3.63, 3.8) is 0 Å². The zero-order valence-corrected chi connectivity index (χ0v) is 9.70. The van der Waals surface area contributed by atoms with E-state index in [0.717, 1.165) is 11.0 Å². The van der Waals surface area contributed by atoms with E-state index in [1.165, 1.54) is 23.1 Å². The Kier molecular flexibility index (Phi) is 2.57. The van der Waals surface area contributed by atoms with Gasteiger partial charge >= 0.3 is 0 Å². The van der Waals surface area contributed by atoms with Gasteiger partial charge in [0.05, 0.1) is 11.0 Å². The van der Waals surface area contributed by atoms with Crippen LogP contribution in [0.1, 0.15) is 10.5 Å². The first-order valence-corrected chi connectivity index (χ1v) is 5.53. The van der Waals surface area contributed by atoms with Gasteiger partial charge in [-0.25, -0.2) is 14.8 Å². The van der Waals surface area contributed by atoms with E-state index in [1.807, 2.05) is 24.3 Å². The van der Waals surface area contributed by atoms with E-state index in [4.69, 9.17) is 0 Å².